The van der Waals surface area contributed by atoms with Crippen LogP contribution in [0.25, 0.3) is 16.7 Å². The molecule has 0 fully saturated rings. The Morgan fingerprint density at radius 3 is 2.58 bits per heavy atom. The third-order valence-electron chi connectivity index (χ3n) is 5.70. The van der Waals surface area contributed by atoms with Crippen molar-refractivity contribution >= 4 is 22.6 Å². The highest BCUT2D eigenvalue weighted by Gasteiger charge is 2.19. The van der Waals surface area contributed by atoms with Crippen LogP contribution in [0, 0.1) is 12.3 Å². The summed E-state index contributed by atoms with van der Waals surface area (Å²) in [7, 11) is 1.62. The van der Waals surface area contributed by atoms with E-state index in [1.54, 1.807) is 23.9 Å². The number of nitrogens with one attached hydrogen (secondary N) is 2. The van der Waals surface area contributed by atoms with E-state index in [9.17, 15) is 9.59 Å². The van der Waals surface area contributed by atoms with Crippen molar-refractivity contribution in [3.05, 3.63) is 81.2 Å². The highest BCUT2D eigenvalue weighted by atomic mass is 16.5. The Balaban J connectivity index is 1.72. The summed E-state index contributed by atoms with van der Waals surface area (Å²) in [5.41, 5.74) is 2.78. The van der Waals surface area contributed by atoms with Crippen LogP contribution in [-0.4, -0.2) is 33.5 Å². The Morgan fingerprint density at radius 2 is 1.91 bits per heavy atom. The van der Waals surface area contributed by atoms with Crippen molar-refractivity contribution in [2.24, 2.45) is 0 Å². The molecule has 0 saturated heterocycles. The molecule has 170 valence electrons. The number of fused-ring (bicyclic) bond motifs is 2. The topological polar surface area (TPSA) is 101 Å². The molecule has 33 heavy (non-hydrogen) atoms. The van der Waals surface area contributed by atoms with Gasteiger partial charge in [-0.15, -0.1) is 0 Å². The zero-order chi connectivity index (χ0) is 23.7. The van der Waals surface area contributed by atoms with Crippen LogP contribution in [-0.2, 0) is 6.42 Å². The van der Waals surface area contributed by atoms with Crippen LogP contribution in [0.3, 0.4) is 0 Å². The average molecular weight is 446 g/mol. The van der Waals surface area contributed by atoms with Crippen LogP contribution in [0.2, 0.25) is 0 Å². The summed E-state index contributed by atoms with van der Waals surface area (Å²) in [6, 6.07) is 12.7. The van der Waals surface area contributed by atoms with Crippen molar-refractivity contribution in [2.75, 3.05) is 13.7 Å². The second kappa shape index (κ2) is 8.90. The maximum Gasteiger partial charge on any atom is 0.267 e. The Bertz CT molecular complexity index is 1470. The number of methoxy groups -OCH3 is 1. The molecule has 3 aromatic heterocycles. The van der Waals surface area contributed by atoms with Crippen molar-refractivity contribution in [1.82, 2.24) is 19.3 Å². The van der Waals surface area contributed by atoms with Crippen molar-refractivity contribution in [1.29, 1.82) is 5.41 Å². The van der Waals surface area contributed by atoms with E-state index in [2.05, 4.69) is 5.32 Å². The van der Waals surface area contributed by atoms with Gasteiger partial charge in [-0.3, -0.25) is 19.4 Å². The molecule has 8 heteroatoms. The van der Waals surface area contributed by atoms with Crippen LogP contribution >= 0.6 is 0 Å². The molecule has 2 N–H and O–H groups in total. The van der Waals surface area contributed by atoms with Gasteiger partial charge in [-0.25, -0.2) is 4.98 Å². The van der Waals surface area contributed by atoms with Crippen LogP contribution in [0.5, 0.6) is 5.75 Å². The first-order chi connectivity index (χ1) is 15.8. The molecule has 8 nitrogen and oxygen atoms in total. The van der Waals surface area contributed by atoms with E-state index in [1.165, 1.54) is 10.5 Å². The summed E-state index contributed by atoms with van der Waals surface area (Å²) in [6.45, 7) is 6.10. The lowest BCUT2D eigenvalue weighted by atomic mass is 10.1. The van der Waals surface area contributed by atoms with E-state index in [-0.39, 0.29) is 22.7 Å². The average Bonchev–Trinajstić information content (AvgIpc) is 2.79. The third kappa shape index (κ3) is 4.11. The molecule has 0 bridgehead atoms. The van der Waals surface area contributed by atoms with E-state index >= 15 is 0 Å². The number of rotatable bonds is 6. The predicted molar refractivity (Wildman–Crippen MR) is 127 cm³/mol. The van der Waals surface area contributed by atoms with Gasteiger partial charge < -0.3 is 14.6 Å². The first kappa shape index (κ1) is 22.3. The Hall–Kier alpha value is -3.94. The molecule has 0 atom stereocenters. The summed E-state index contributed by atoms with van der Waals surface area (Å²) in [6.07, 6.45) is 2.30. The number of pyridine rings is 2. The first-order valence-corrected chi connectivity index (χ1v) is 10.8. The van der Waals surface area contributed by atoms with Crippen LogP contribution in [0.1, 0.15) is 41.4 Å². The molecule has 0 radical (unpaired) electrons. The van der Waals surface area contributed by atoms with Gasteiger partial charge in [0.25, 0.3) is 11.5 Å². The zero-order valence-corrected chi connectivity index (χ0v) is 19.2. The number of ether oxygens (including phenoxy) is 1. The first-order valence-electron chi connectivity index (χ1n) is 10.8. The molecule has 0 spiro atoms. The lowest BCUT2D eigenvalue weighted by Gasteiger charge is -2.17. The number of carbonyl (C=O) groups excluding carboxylic acids is 1. The summed E-state index contributed by atoms with van der Waals surface area (Å²) in [5, 5.41) is 11.9. The number of hydrogen-bond acceptors (Lipinski definition) is 5. The van der Waals surface area contributed by atoms with Crippen LogP contribution in [0.4, 0.5) is 0 Å². The maximum absolute atomic E-state index is 13.3. The Kier molecular flexibility index (Phi) is 6.00. The minimum atomic E-state index is -0.390. The molecule has 0 aliphatic rings. The van der Waals surface area contributed by atoms with Gasteiger partial charge in [-0.2, -0.15) is 0 Å². The van der Waals surface area contributed by atoms with Gasteiger partial charge in [0.05, 0.1) is 18.1 Å². The molecule has 1 aromatic carbocycles. The Labute approximate surface area is 191 Å². The summed E-state index contributed by atoms with van der Waals surface area (Å²) in [4.78, 5) is 31.0. The standard InChI is InChI=1S/C25H27N5O3/c1-15(2)30-21(26)19(24(31)27-12-11-17-7-9-18(33-4)10-8-17)14-20-23(30)28-22-16(3)6-5-13-29(22)25(20)32/h5-10,13-15,26H,11-12H2,1-4H3,(H,27,31). The fourth-order valence-electron chi connectivity index (χ4n) is 3.94. The van der Waals surface area contributed by atoms with E-state index in [0.717, 1.165) is 16.9 Å². The van der Waals surface area contributed by atoms with Gasteiger partial charge in [-0.1, -0.05) is 18.2 Å². The smallest absolute Gasteiger partial charge is 0.267 e. The van der Waals surface area contributed by atoms with Crippen molar-refractivity contribution in [3.63, 3.8) is 0 Å². The molecule has 0 unspecified atom stereocenters. The molecule has 4 rings (SSSR count). The second-order valence-electron chi connectivity index (χ2n) is 8.26. The minimum Gasteiger partial charge on any atom is -0.497 e. The van der Waals surface area contributed by atoms with Gasteiger partial charge in [0, 0.05) is 18.8 Å². The van der Waals surface area contributed by atoms with E-state index in [0.29, 0.717) is 29.6 Å². The van der Waals surface area contributed by atoms with Crippen molar-refractivity contribution in [2.45, 2.75) is 33.2 Å². The number of carbonyl (C=O) groups is 1. The lowest BCUT2D eigenvalue weighted by molar-refractivity contribution is 0.0951. The summed E-state index contributed by atoms with van der Waals surface area (Å²) in [5.74, 6) is 0.386. The van der Waals surface area contributed by atoms with E-state index in [4.69, 9.17) is 15.1 Å². The number of benzene rings is 1. The minimum absolute atomic E-state index is 0.0317. The number of amides is 1. The number of hydrogen-bond donors (Lipinski definition) is 2. The van der Waals surface area contributed by atoms with Gasteiger partial charge in [-0.05, 0) is 62.6 Å². The highest BCUT2D eigenvalue weighted by molar-refractivity contribution is 5.96. The molecule has 0 aliphatic carbocycles. The molecule has 0 aliphatic heterocycles. The fourth-order valence-corrected chi connectivity index (χ4v) is 3.94. The summed E-state index contributed by atoms with van der Waals surface area (Å²) < 4.78 is 8.29. The van der Waals surface area contributed by atoms with Gasteiger partial charge in [0.2, 0.25) is 0 Å². The second-order valence-corrected chi connectivity index (χ2v) is 8.26. The molecule has 1 amide bonds. The van der Waals surface area contributed by atoms with Crippen molar-refractivity contribution < 1.29 is 9.53 Å². The zero-order valence-electron chi connectivity index (χ0n) is 19.2. The largest absolute Gasteiger partial charge is 0.497 e. The third-order valence-corrected chi connectivity index (χ3v) is 5.70. The Morgan fingerprint density at radius 1 is 1.18 bits per heavy atom. The van der Waals surface area contributed by atoms with Gasteiger partial charge in [0.15, 0.2) is 0 Å². The maximum atomic E-state index is 13.3. The monoisotopic (exact) mass is 445 g/mol. The van der Waals surface area contributed by atoms with E-state index < -0.39 is 5.91 Å². The summed E-state index contributed by atoms with van der Waals surface area (Å²) >= 11 is 0. The van der Waals surface area contributed by atoms with Crippen LogP contribution in [0.15, 0.2) is 53.5 Å². The number of nitrogens with zero attached hydrogens (tertiary/aromatic N) is 3. The number of aromatic nitrogens is 3. The fraction of sp³-hybridized carbons (Fsp3) is 0.280. The lowest BCUT2D eigenvalue weighted by Crippen LogP contribution is -2.36. The van der Waals surface area contributed by atoms with Crippen molar-refractivity contribution in [3.8, 4) is 5.75 Å². The molecular formula is C25H27N5O3. The normalized spacial score (nSPS) is 11.3. The predicted octanol–water partition coefficient (Wildman–Crippen LogP) is 3.00. The SMILES string of the molecule is COc1ccc(CCNC(=O)c2cc3c(=O)n4cccc(C)c4nc3n(C(C)C)c2=N)cc1. The molecular weight excluding hydrogens is 418 g/mol. The quantitative estimate of drug-likeness (QED) is 0.446. The molecule has 3 heterocycles. The van der Waals surface area contributed by atoms with Crippen LogP contribution < -0.4 is 21.1 Å². The van der Waals surface area contributed by atoms with Gasteiger partial charge >= 0.3 is 0 Å². The number of aryl methyl sites for hydroxylation is 1. The van der Waals surface area contributed by atoms with Gasteiger partial charge in [0.1, 0.15) is 22.5 Å². The molecule has 0 saturated carbocycles. The molecule has 4 aromatic rings. The van der Waals surface area contributed by atoms with E-state index in [1.807, 2.05) is 51.1 Å². The highest BCUT2D eigenvalue weighted by Crippen LogP contribution is 2.16.